The van der Waals surface area contributed by atoms with Crippen LogP contribution in [0.2, 0.25) is 0 Å². The molecule has 5 nitrogen and oxygen atoms in total. The van der Waals surface area contributed by atoms with Gasteiger partial charge in [0.15, 0.2) is 0 Å². The van der Waals surface area contributed by atoms with Gasteiger partial charge in [-0.3, -0.25) is 9.69 Å². The molecule has 1 aromatic rings. The number of amides is 1. The highest BCUT2D eigenvalue weighted by Crippen LogP contribution is 2.26. The summed E-state index contributed by atoms with van der Waals surface area (Å²) in [4.78, 5) is 17.5. The van der Waals surface area contributed by atoms with Crippen molar-refractivity contribution in [3.8, 4) is 0 Å². The predicted octanol–water partition coefficient (Wildman–Crippen LogP) is 0.769. The molecule has 2 fully saturated rings. The average molecular weight is 342 g/mol. The molecule has 0 radical (unpaired) electrons. The Morgan fingerprint density at radius 1 is 1.08 bits per heavy atom. The van der Waals surface area contributed by atoms with Crippen LogP contribution >= 0.6 is 0 Å². The Kier molecular flexibility index (Phi) is 4.80. The zero-order valence-corrected chi connectivity index (χ0v) is 15.0. The summed E-state index contributed by atoms with van der Waals surface area (Å²) >= 11 is 0. The number of rotatable bonds is 2. The fourth-order valence-corrected chi connectivity index (χ4v) is 4.68. The smallest absolute Gasteiger partial charge is 0.242 e. The third-order valence-electron chi connectivity index (χ3n) is 6.36. The summed E-state index contributed by atoms with van der Waals surface area (Å²) in [6, 6.07) is 9.46. The lowest BCUT2D eigenvalue weighted by Crippen LogP contribution is -2.63. The van der Waals surface area contributed by atoms with Crippen LogP contribution in [0.15, 0.2) is 24.3 Å². The largest absolute Gasteiger partial charge is 0.339 e. The number of nitrogens with zero attached hydrogens (tertiary/aromatic N) is 2. The van der Waals surface area contributed by atoms with Gasteiger partial charge in [0, 0.05) is 32.2 Å². The Bertz CT molecular complexity index is 618. The molecule has 2 aliphatic heterocycles. The molecule has 0 saturated carbocycles. The number of fused-ring (bicyclic) bond motifs is 1. The average Bonchev–Trinajstić information content (AvgIpc) is 2.68. The Morgan fingerprint density at radius 2 is 1.76 bits per heavy atom. The van der Waals surface area contributed by atoms with E-state index in [9.17, 15) is 4.79 Å². The van der Waals surface area contributed by atoms with Crippen LogP contribution in [0.5, 0.6) is 0 Å². The normalized spacial score (nSPS) is 26.9. The second kappa shape index (κ2) is 7.06. The molecular formula is C20H30N4O. The summed E-state index contributed by atoms with van der Waals surface area (Å²) < 4.78 is 0. The first-order valence-corrected chi connectivity index (χ1v) is 9.75. The number of hydrogen-bond donors (Lipinski definition) is 2. The summed E-state index contributed by atoms with van der Waals surface area (Å²) in [5.74, 6) is 0.169. The monoisotopic (exact) mass is 342 g/mol. The molecule has 1 aromatic carbocycles. The van der Waals surface area contributed by atoms with Crippen molar-refractivity contribution in [2.45, 2.75) is 43.7 Å². The van der Waals surface area contributed by atoms with Gasteiger partial charge in [0.05, 0.1) is 5.54 Å². The molecule has 0 bridgehead atoms. The van der Waals surface area contributed by atoms with Crippen LogP contribution in [0, 0.1) is 0 Å². The lowest BCUT2D eigenvalue weighted by Gasteiger charge is -2.44. The number of nitrogens with one attached hydrogen (secondary N) is 1. The van der Waals surface area contributed by atoms with E-state index in [4.69, 9.17) is 5.73 Å². The summed E-state index contributed by atoms with van der Waals surface area (Å²) in [5, 5.41) is 3.30. The van der Waals surface area contributed by atoms with E-state index in [1.165, 1.54) is 24.0 Å². The maximum absolute atomic E-state index is 12.9. The summed E-state index contributed by atoms with van der Waals surface area (Å²) in [6.45, 7) is 5.31. The molecule has 1 amide bonds. The molecule has 3 aliphatic rings. The molecule has 136 valence electrons. The fraction of sp³-hybridized carbons (Fsp3) is 0.650. The third kappa shape index (κ3) is 3.46. The summed E-state index contributed by atoms with van der Waals surface area (Å²) in [5.41, 5.74) is 8.80. The quantitative estimate of drug-likeness (QED) is 0.833. The lowest BCUT2D eigenvalue weighted by atomic mass is 9.86. The Labute approximate surface area is 150 Å². The van der Waals surface area contributed by atoms with Crippen LogP contribution in [-0.2, 0) is 17.6 Å². The molecule has 0 unspecified atom stereocenters. The Balaban J connectivity index is 1.34. The number of carbonyl (C=O) groups excluding carboxylic acids is 1. The molecular weight excluding hydrogens is 312 g/mol. The molecule has 1 aliphatic carbocycles. The van der Waals surface area contributed by atoms with Crippen molar-refractivity contribution in [1.82, 2.24) is 15.1 Å². The van der Waals surface area contributed by atoms with Gasteiger partial charge in [-0.2, -0.15) is 0 Å². The van der Waals surface area contributed by atoms with E-state index in [0.29, 0.717) is 6.04 Å². The lowest BCUT2D eigenvalue weighted by molar-refractivity contribution is -0.140. The highest BCUT2D eigenvalue weighted by molar-refractivity contribution is 5.86. The van der Waals surface area contributed by atoms with Gasteiger partial charge in [0.2, 0.25) is 5.91 Å². The predicted molar refractivity (Wildman–Crippen MR) is 99.4 cm³/mol. The molecule has 25 heavy (non-hydrogen) atoms. The van der Waals surface area contributed by atoms with Crippen LogP contribution < -0.4 is 11.1 Å². The van der Waals surface area contributed by atoms with Gasteiger partial charge < -0.3 is 16.0 Å². The first-order valence-electron chi connectivity index (χ1n) is 9.75. The number of carbonyl (C=O) groups is 1. The van der Waals surface area contributed by atoms with Crippen LogP contribution in [0.4, 0.5) is 0 Å². The van der Waals surface area contributed by atoms with Gasteiger partial charge in [0.1, 0.15) is 0 Å². The van der Waals surface area contributed by atoms with Gasteiger partial charge in [-0.05, 0) is 56.3 Å². The van der Waals surface area contributed by atoms with Crippen molar-refractivity contribution in [3.05, 3.63) is 35.4 Å². The number of benzene rings is 1. The molecule has 3 N–H and O–H groups in total. The van der Waals surface area contributed by atoms with Crippen LogP contribution in [0.25, 0.3) is 0 Å². The molecule has 1 atom stereocenters. The van der Waals surface area contributed by atoms with E-state index in [0.717, 1.165) is 58.5 Å². The van der Waals surface area contributed by atoms with Gasteiger partial charge >= 0.3 is 0 Å². The maximum Gasteiger partial charge on any atom is 0.242 e. The summed E-state index contributed by atoms with van der Waals surface area (Å²) in [6.07, 6.45) is 5.07. The minimum Gasteiger partial charge on any atom is -0.339 e. The third-order valence-corrected chi connectivity index (χ3v) is 6.36. The van der Waals surface area contributed by atoms with Crippen molar-refractivity contribution in [3.63, 3.8) is 0 Å². The van der Waals surface area contributed by atoms with E-state index in [2.05, 4.69) is 34.5 Å². The van der Waals surface area contributed by atoms with Gasteiger partial charge in [-0.15, -0.1) is 0 Å². The molecule has 2 saturated heterocycles. The van der Waals surface area contributed by atoms with Gasteiger partial charge in [-0.25, -0.2) is 0 Å². The maximum atomic E-state index is 12.9. The molecule has 4 rings (SSSR count). The molecule has 0 spiro atoms. The number of aryl methyl sites for hydroxylation is 1. The van der Waals surface area contributed by atoms with Crippen molar-refractivity contribution >= 4 is 5.91 Å². The van der Waals surface area contributed by atoms with Crippen LogP contribution in [-0.4, -0.2) is 66.6 Å². The minimum absolute atomic E-state index is 0.169. The first kappa shape index (κ1) is 17.0. The SMILES string of the molecule is NC1(C(=O)N2CCN([C@@H]3CCc4ccccc4C3)CC2)CCNCC1. The van der Waals surface area contributed by atoms with Crippen molar-refractivity contribution in [2.75, 3.05) is 39.3 Å². The Hall–Kier alpha value is -1.43. The number of piperazine rings is 1. The topological polar surface area (TPSA) is 61.6 Å². The number of piperidine rings is 1. The Morgan fingerprint density at radius 3 is 2.48 bits per heavy atom. The first-order chi connectivity index (χ1) is 12.2. The van der Waals surface area contributed by atoms with E-state index in [1.807, 2.05) is 4.90 Å². The minimum atomic E-state index is -0.642. The number of nitrogens with two attached hydrogens (primary N) is 1. The van der Waals surface area contributed by atoms with Gasteiger partial charge in [-0.1, -0.05) is 24.3 Å². The van der Waals surface area contributed by atoms with Crippen molar-refractivity contribution < 1.29 is 4.79 Å². The highest BCUT2D eigenvalue weighted by atomic mass is 16.2. The summed E-state index contributed by atoms with van der Waals surface area (Å²) in [7, 11) is 0. The molecule has 0 aromatic heterocycles. The molecule has 2 heterocycles. The van der Waals surface area contributed by atoms with Gasteiger partial charge in [0.25, 0.3) is 0 Å². The van der Waals surface area contributed by atoms with Crippen molar-refractivity contribution in [1.29, 1.82) is 0 Å². The zero-order valence-electron chi connectivity index (χ0n) is 15.0. The van der Waals surface area contributed by atoms with Crippen LogP contribution in [0.3, 0.4) is 0 Å². The van der Waals surface area contributed by atoms with E-state index >= 15 is 0 Å². The van der Waals surface area contributed by atoms with Crippen molar-refractivity contribution in [2.24, 2.45) is 5.73 Å². The fourth-order valence-electron chi connectivity index (χ4n) is 4.68. The standard InChI is InChI=1S/C20H30N4O/c21-20(7-9-22-10-8-20)19(25)24-13-11-23(12-14-24)18-6-5-16-3-1-2-4-17(16)15-18/h1-4,18,22H,5-15,21H2/t18-/m1/s1. The highest BCUT2D eigenvalue weighted by Gasteiger charge is 2.39. The zero-order chi connectivity index (χ0) is 17.3. The van der Waals surface area contributed by atoms with Crippen LogP contribution in [0.1, 0.15) is 30.4 Å². The second-order valence-electron chi connectivity index (χ2n) is 7.90. The van der Waals surface area contributed by atoms with E-state index in [1.54, 1.807) is 0 Å². The number of hydrogen-bond acceptors (Lipinski definition) is 4. The second-order valence-corrected chi connectivity index (χ2v) is 7.90. The van der Waals surface area contributed by atoms with E-state index in [-0.39, 0.29) is 5.91 Å². The van der Waals surface area contributed by atoms with E-state index < -0.39 is 5.54 Å². The molecule has 5 heteroatoms.